The highest BCUT2D eigenvalue weighted by atomic mass is 32.2. The van der Waals surface area contributed by atoms with Crippen molar-refractivity contribution in [1.82, 2.24) is 14.8 Å². The first-order valence-corrected chi connectivity index (χ1v) is 9.47. The molecular formula is C17H25N3O2S. The fraction of sp³-hybridized carbons (Fsp3) is 0.529. The summed E-state index contributed by atoms with van der Waals surface area (Å²) in [6, 6.07) is 7.76. The second-order valence-corrected chi connectivity index (χ2v) is 7.67. The van der Waals surface area contributed by atoms with Gasteiger partial charge in [0.15, 0.2) is 5.82 Å². The van der Waals surface area contributed by atoms with E-state index in [1.807, 2.05) is 35.9 Å². The summed E-state index contributed by atoms with van der Waals surface area (Å²) in [4.78, 5) is 4.67. The second-order valence-electron chi connectivity index (χ2n) is 5.81. The fourth-order valence-electron chi connectivity index (χ4n) is 2.35. The lowest BCUT2D eigenvalue weighted by molar-refractivity contribution is 0.411. The maximum atomic E-state index is 11.8. The molecule has 2 rings (SSSR count). The highest BCUT2D eigenvalue weighted by Crippen LogP contribution is 2.23. The Balaban J connectivity index is 2.38. The van der Waals surface area contributed by atoms with E-state index >= 15 is 0 Å². The Labute approximate surface area is 140 Å². The number of aromatic nitrogens is 3. The van der Waals surface area contributed by atoms with Crippen LogP contribution in [0, 0.1) is 5.92 Å². The number of ether oxygens (including phenoxy) is 1. The molecule has 0 aliphatic carbocycles. The minimum absolute atomic E-state index is 0.487. The molecule has 0 N–H and O–H groups in total. The van der Waals surface area contributed by atoms with Crippen molar-refractivity contribution in [3.63, 3.8) is 0 Å². The molecule has 126 valence electrons. The Hall–Kier alpha value is -1.69. The van der Waals surface area contributed by atoms with Gasteiger partial charge in [-0.05, 0) is 18.1 Å². The van der Waals surface area contributed by atoms with Crippen LogP contribution in [0.2, 0.25) is 0 Å². The number of nitrogens with zero attached hydrogens (tertiary/aromatic N) is 3. The van der Waals surface area contributed by atoms with Crippen LogP contribution in [0.15, 0.2) is 24.3 Å². The molecule has 5 nitrogen and oxygen atoms in total. The van der Waals surface area contributed by atoms with E-state index in [9.17, 15) is 4.21 Å². The number of para-hydroxylation sites is 2. The van der Waals surface area contributed by atoms with Crippen molar-refractivity contribution in [2.75, 3.05) is 18.6 Å². The molecule has 6 heteroatoms. The molecule has 0 saturated heterocycles. The van der Waals surface area contributed by atoms with Crippen LogP contribution >= 0.6 is 0 Å². The van der Waals surface area contributed by atoms with Crippen molar-refractivity contribution in [2.45, 2.75) is 33.6 Å². The fourth-order valence-corrected chi connectivity index (χ4v) is 3.05. The molecule has 1 aromatic heterocycles. The first-order valence-electron chi connectivity index (χ1n) is 7.98. The number of aryl methyl sites for hydroxylation is 1. The molecule has 2 aromatic rings. The van der Waals surface area contributed by atoms with E-state index in [1.54, 1.807) is 7.11 Å². The van der Waals surface area contributed by atoms with E-state index in [-0.39, 0.29) is 0 Å². The van der Waals surface area contributed by atoms with Gasteiger partial charge in [0, 0.05) is 35.1 Å². The van der Waals surface area contributed by atoms with Crippen LogP contribution < -0.4 is 4.74 Å². The van der Waals surface area contributed by atoms with Crippen molar-refractivity contribution in [1.29, 1.82) is 0 Å². The Morgan fingerprint density at radius 3 is 2.70 bits per heavy atom. The first kappa shape index (κ1) is 17.7. The van der Waals surface area contributed by atoms with E-state index in [0.717, 1.165) is 29.5 Å². The van der Waals surface area contributed by atoms with Gasteiger partial charge in [0.25, 0.3) is 0 Å². The largest absolute Gasteiger partial charge is 0.494 e. The molecule has 0 radical (unpaired) electrons. The quantitative estimate of drug-likeness (QED) is 0.744. The normalized spacial score (nSPS) is 12.6. The molecule has 0 aliphatic rings. The Morgan fingerprint density at radius 2 is 2.04 bits per heavy atom. The molecule has 0 aliphatic heterocycles. The van der Waals surface area contributed by atoms with E-state index in [2.05, 4.69) is 23.9 Å². The van der Waals surface area contributed by atoms with Gasteiger partial charge in [-0.3, -0.25) is 4.21 Å². The van der Waals surface area contributed by atoms with E-state index in [1.165, 1.54) is 0 Å². The molecule has 0 amide bonds. The molecule has 1 atom stereocenters. The topological polar surface area (TPSA) is 57.0 Å². The Bertz CT molecular complexity index is 668. The van der Waals surface area contributed by atoms with Crippen LogP contribution in [0.1, 0.15) is 32.4 Å². The summed E-state index contributed by atoms with van der Waals surface area (Å²) >= 11 is 0. The zero-order chi connectivity index (χ0) is 16.8. The van der Waals surface area contributed by atoms with E-state index in [4.69, 9.17) is 4.74 Å². The number of hydrogen-bond acceptors (Lipinski definition) is 4. The standard InChI is InChI=1S/C17H25N3O2S/c1-5-23(21)11-10-17-18-16(12-13(2)3)19-20(17)14-8-6-7-9-15(14)22-4/h6-9,13H,5,10-12H2,1-4H3/t23-/m0/s1. The SMILES string of the molecule is CC[S@](=O)CCc1nc(CC(C)C)nn1-c1ccccc1OC. The summed E-state index contributed by atoms with van der Waals surface area (Å²) in [6.45, 7) is 6.23. The van der Waals surface area contributed by atoms with Gasteiger partial charge in [-0.2, -0.15) is 5.10 Å². The predicted octanol–water partition coefficient (Wildman–Crippen LogP) is 2.79. The summed E-state index contributed by atoms with van der Waals surface area (Å²) < 4.78 is 19.0. The third kappa shape index (κ3) is 4.64. The van der Waals surface area contributed by atoms with Gasteiger partial charge >= 0.3 is 0 Å². The minimum atomic E-state index is -0.813. The van der Waals surface area contributed by atoms with E-state index in [0.29, 0.717) is 23.8 Å². The lowest BCUT2D eigenvalue weighted by atomic mass is 10.1. The van der Waals surface area contributed by atoms with Crippen molar-refractivity contribution < 1.29 is 8.95 Å². The lowest BCUT2D eigenvalue weighted by Gasteiger charge is -2.10. The molecule has 0 saturated carbocycles. The van der Waals surface area contributed by atoms with Gasteiger partial charge < -0.3 is 4.74 Å². The van der Waals surface area contributed by atoms with Gasteiger partial charge in [-0.25, -0.2) is 9.67 Å². The summed E-state index contributed by atoms with van der Waals surface area (Å²) in [7, 11) is 0.836. The van der Waals surface area contributed by atoms with Crippen LogP contribution in [0.5, 0.6) is 5.75 Å². The molecule has 0 bridgehead atoms. The van der Waals surface area contributed by atoms with E-state index < -0.39 is 10.8 Å². The third-order valence-electron chi connectivity index (χ3n) is 3.50. The second kappa shape index (κ2) is 8.24. The maximum Gasteiger partial charge on any atom is 0.151 e. The third-order valence-corrected chi connectivity index (χ3v) is 4.80. The summed E-state index contributed by atoms with van der Waals surface area (Å²) in [5.41, 5.74) is 0.870. The van der Waals surface area contributed by atoms with Crippen molar-refractivity contribution in [2.24, 2.45) is 5.92 Å². The molecule has 0 fully saturated rings. The molecular weight excluding hydrogens is 310 g/mol. The highest BCUT2D eigenvalue weighted by molar-refractivity contribution is 7.84. The number of benzene rings is 1. The summed E-state index contributed by atoms with van der Waals surface area (Å²) in [5, 5.41) is 4.66. The zero-order valence-electron chi connectivity index (χ0n) is 14.3. The van der Waals surface area contributed by atoms with Crippen LogP contribution in [0.4, 0.5) is 0 Å². The van der Waals surface area contributed by atoms with Gasteiger partial charge in [-0.1, -0.05) is 32.9 Å². The molecule has 0 unspecified atom stereocenters. The highest BCUT2D eigenvalue weighted by Gasteiger charge is 2.16. The van der Waals surface area contributed by atoms with Crippen molar-refractivity contribution in [3.05, 3.63) is 35.9 Å². The average Bonchev–Trinajstić information content (AvgIpc) is 2.94. The minimum Gasteiger partial charge on any atom is -0.494 e. The Morgan fingerprint density at radius 1 is 1.30 bits per heavy atom. The molecule has 1 heterocycles. The molecule has 1 aromatic carbocycles. The van der Waals surface area contributed by atoms with Crippen LogP contribution in [-0.4, -0.2) is 37.6 Å². The van der Waals surface area contributed by atoms with Gasteiger partial charge in [0.2, 0.25) is 0 Å². The van der Waals surface area contributed by atoms with Crippen molar-refractivity contribution >= 4 is 10.8 Å². The first-order chi connectivity index (χ1) is 11.0. The number of hydrogen-bond donors (Lipinski definition) is 0. The summed E-state index contributed by atoms with van der Waals surface area (Å²) in [5.74, 6) is 4.18. The monoisotopic (exact) mass is 335 g/mol. The van der Waals surface area contributed by atoms with Crippen LogP contribution in [-0.2, 0) is 23.6 Å². The maximum absolute atomic E-state index is 11.8. The van der Waals surface area contributed by atoms with Gasteiger partial charge in [0.05, 0.1) is 7.11 Å². The van der Waals surface area contributed by atoms with Gasteiger partial charge in [0.1, 0.15) is 17.3 Å². The molecule has 23 heavy (non-hydrogen) atoms. The van der Waals surface area contributed by atoms with Crippen molar-refractivity contribution in [3.8, 4) is 11.4 Å². The smallest absolute Gasteiger partial charge is 0.151 e. The average molecular weight is 335 g/mol. The number of rotatable bonds is 8. The summed E-state index contributed by atoms with van der Waals surface area (Å²) in [6.07, 6.45) is 1.47. The molecule has 0 spiro atoms. The van der Waals surface area contributed by atoms with Crippen LogP contribution in [0.25, 0.3) is 5.69 Å². The zero-order valence-corrected chi connectivity index (χ0v) is 15.1. The predicted molar refractivity (Wildman–Crippen MR) is 93.7 cm³/mol. The van der Waals surface area contributed by atoms with Crippen LogP contribution in [0.3, 0.4) is 0 Å². The number of methoxy groups -OCH3 is 1. The lowest BCUT2D eigenvalue weighted by Crippen LogP contribution is -2.10. The van der Waals surface area contributed by atoms with Gasteiger partial charge in [-0.15, -0.1) is 0 Å². The Kier molecular flexibility index (Phi) is 6.33.